The van der Waals surface area contributed by atoms with Crippen LogP contribution in [0.4, 0.5) is 0 Å². The number of tetrazole rings is 1. The molecule has 0 bridgehead atoms. The fraction of sp³-hybridized carbons (Fsp3) is 0.118. The van der Waals surface area contributed by atoms with Crippen LogP contribution in [0.1, 0.15) is 5.89 Å². The number of methoxy groups -OCH3 is 1. The van der Waals surface area contributed by atoms with E-state index in [1.54, 1.807) is 19.2 Å². The summed E-state index contributed by atoms with van der Waals surface area (Å²) in [6.07, 6.45) is 0. The second-order valence-electron chi connectivity index (χ2n) is 5.37. The van der Waals surface area contributed by atoms with Gasteiger partial charge in [0, 0.05) is 10.6 Å². The topological polar surface area (TPSA) is 91.8 Å². The van der Waals surface area contributed by atoms with Gasteiger partial charge >= 0.3 is 0 Å². The molecular weight excluding hydrogens is 356 g/mol. The van der Waals surface area contributed by atoms with Crippen LogP contribution in [0.2, 0.25) is 5.02 Å². The third-order valence-corrected chi connectivity index (χ3v) is 3.86. The Morgan fingerprint density at radius 2 is 2.00 bits per heavy atom. The Labute approximate surface area is 153 Å². The lowest BCUT2D eigenvalue weighted by Gasteiger charge is -2.02. The van der Waals surface area contributed by atoms with Gasteiger partial charge in [0.05, 0.1) is 12.7 Å². The van der Waals surface area contributed by atoms with E-state index in [2.05, 4.69) is 25.6 Å². The maximum Gasteiger partial charge on any atom is 0.250 e. The number of ether oxygens (including phenoxy) is 1. The van der Waals surface area contributed by atoms with E-state index in [-0.39, 0.29) is 6.54 Å². The monoisotopic (exact) mass is 368 g/mol. The highest BCUT2D eigenvalue weighted by Crippen LogP contribution is 2.27. The van der Waals surface area contributed by atoms with Crippen LogP contribution in [0.25, 0.3) is 22.8 Å². The van der Waals surface area contributed by atoms with Gasteiger partial charge < -0.3 is 9.26 Å². The molecule has 2 aromatic heterocycles. The second kappa shape index (κ2) is 6.93. The zero-order chi connectivity index (χ0) is 17.9. The molecule has 0 saturated heterocycles. The van der Waals surface area contributed by atoms with Crippen LogP contribution in [0.3, 0.4) is 0 Å². The smallest absolute Gasteiger partial charge is 0.250 e. The van der Waals surface area contributed by atoms with E-state index in [1.165, 1.54) is 4.80 Å². The standard InChI is InChI=1S/C17H13ClN6O2/c1-25-14-8-3-2-7-13(14)17-19-15(26-22-17)10-24-21-16(20-23-24)11-5-4-6-12(18)9-11/h2-9H,10H2,1H3. The molecule has 8 nitrogen and oxygen atoms in total. The van der Waals surface area contributed by atoms with Crippen LogP contribution < -0.4 is 4.74 Å². The molecule has 9 heteroatoms. The van der Waals surface area contributed by atoms with Crippen molar-refractivity contribution in [3.05, 3.63) is 59.4 Å². The van der Waals surface area contributed by atoms with Gasteiger partial charge in [0.15, 0.2) is 0 Å². The molecule has 2 aromatic carbocycles. The molecular formula is C17H13ClN6O2. The number of halogens is 1. The normalized spacial score (nSPS) is 10.8. The molecule has 4 rings (SSSR count). The van der Waals surface area contributed by atoms with E-state index in [0.717, 1.165) is 11.1 Å². The quantitative estimate of drug-likeness (QED) is 0.534. The summed E-state index contributed by atoms with van der Waals surface area (Å²) in [6.45, 7) is 0.204. The number of hydrogen-bond donors (Lipinski definition) is 0. The van der Waals surface area contributed by atoms with Gasteiger partial charge in [-0.2, -0.15) is 9.78 Å². The summed E-state index contributed by atoms with van der Waals surface area (Å²) in [5.41, 5.74) is 1.53. The Balaban J connectivity index is 1.55. The maximum atomic E-state index is 5.99. The van der Waals surface area contributed by atoms with Crippen molar-refractivity contribution in [1.29, 1.82) is 0 Å². The third-order valence-electron chi connectivity index (χ3n) is 3.63. The van der Waals surface area contributed by atoms with E-state index in [4.69, 9.17) is 20.9 Å². The van der Waals surface area contributed by atoms with Gasteiger partial charge in [-0.05, 0) is 29.5 Å². The minimum absolute atomic E-state index is 0.204. The zero-order valence-electron chi connectivity index (χ0n) is 13.7. The number of hydrogen-bond acceptors (Lipinski definition) is 7. The molecule has 0 aliphatic rings. The van der Waals surface area contributed by atoms with Gasteiger partial charge in [0.2, 0.25) is 11.6 Å². The van der Waals surface area contributed by atoms with Gasteiger partial charge in [0.25, 0.3) is 5.89 Å². The molecule has 26 heavy (non-hydrogen) atoms. The molecule has 0 aliphatic heterocycles. The Morgan fingerprint density at radius 3 is 2.85 bits per heavy atom. The molecule has 0 fully saturated rings. The van der Waals surface area contributed by atoms with E-state index in [1.807, 2.05) is 36.4 Å². The van der Waals surface area contributed by atoms with Crippen molar-refractivity contribution in [2.75, 3.05) is 7.11 Å². The number of aromatic nitrogens is 6. The fourth-order valence-electron chi connectivity index (χ4n) is 2.43. The van der Waals surface area contributed by atoms with Gasteiger partial charge in [-0.25, -0.2) is 0 Å². The first kappa shape index (κ1) is 16.2. The summed E-state index contributed by atoms with van der Waals surface area (Å²) < 4.78 is 10.6. The Bertz CT molecular complexity index is 1040. The molecule has 0 saturated carbocycles. The Hall–Kier alpha value is -3.26. The number of nitrogens with zero attached hydrogens (tertiary/aromatic N) is 6. The van der Waals surface area contributed by atoms with Crippen LogP contribution in [0.15, 0.2) is 53.1 Å². The molecule has 4 aromatic rings. The van der Waals surface area contributed by atoms with Gasteiger partial charge in [-0.1, -0.05) is 41.0 Å². The molecule has 0 aliphatic carbocycles. The van der Waals surface area contributed by atoms with Crippen LogP contribution in [0, 0.1) is 0 Å². The van der Waals surface area contributed by atoms with Crippen molar-refractivity contribution in [1.82, 2.24) is 30.3 Å². The summed E-state index contributed by atoms with van der Waals surface area (Å²) in [7, 11) is 1.59. The molecule has 2 heterocycles. The van der Waals surface area contributed by atoms with Gasteiger partial charge in [-0.3, -0.25) is 0 Å². The molecule has 0 N–H and O–H groups in total. The summed E-state index contributed by atoms with van der Waals surface area (Å²) >= 11 is 5.99. The molecule has 0 atom stereocenters. The number of para-hydroxylation sites is 1. The van der Waals surface area contributed by atoms with Crippen molar-refractivity contribution in [2.45, 2.75) is 6.54 Å². The van der Waals surface area contributed by atoms with E-state index in [0.29, 0.717) is 28.3 Å². The predicted molar refractivity (Wildman–Crippen MR) is 93.7 cm³/mol. The lowest BCUT2D eigenvalue weighted by molar-refractivity contribution is 0.356. The lowest BCUT2D eigenvalue weighted by atomic mass is 10.2. The summed E-state index contributed by atoms with van der Waals surface area (Å²) in [6, 6.07) is 14.7. The highest BCUT2D eigenvalue weighted by atomic mass is 35.5. The minimum Gasteiger partial charge on any atom is -0.496 e. The summed E-state index contributed by atoms with van der Waals surface area (Å²) in [5.74, 6) is 1.94. The minimum atomic E-state index is 0.204. The highest BCUT2D eigenvalue weighted by Gasteiger charge is 2.14. The first-order valence-corrected chi connectivity index (χ1v) is 8.10. The molecule has 0 radical (unpaired) electrons. The van der Waals surface area contributed by atoms with E-state index >= 15 is 0 Å². The van der Waals surface area contributed by atoms with Crippen molar-refractivity contribution < 1.29 is 9.26 Å². The second-order valence-corrected chi connectivity index (χ2v) is 5.80. The van der Waals surface area contributed by atoms with Crippen LogP contribution in [-0.4, -0.2) is 37.5 Å². The fourth-order valence-corrected chi connectivity index (χ4v) is 2.62. The third kappa shape index (κ3) is 3.27. The van der Waals surface area contributed by atoms with Crippen molar-refractivity contribution >= 4 is 11.6 Å². The SMILES string of the molecule is COc1ccccc1-c1noc(Cn2nnc(-c3cccc(Cl)c3)n2)n1. The van der Waals surface area contributed by atoms with Gasteiger partial charge in [-0.15, -0.1) is 10.2 Å². The molecule has 0 amide bonds. The average Bonchev–Trinajstić information content (AvgIpc) is 3.32. The summed E-state index contributed by atoms with van der Waals surface area (Å²) in [4.78, 5) is 5.76. The molecule has 0 spiro atoms. The van der Waals surface area contributed by atoms with Crippen molar-refractivity contribution in [2.24, 2.45) is 0 Å². The Kier molecular flexibility index (Phi) is 4.32. The molecule has 0 unspecified atom stereocenters. The first-order valence-electron chi connectivity index (χ1n) is 7.72. The number of benzene rings is 2. The number of rotatable bonds is 5. The summed E-state index contributed by atoms with van der Waals surface area (Å²) in [5, 5.41) is 17.0. The molecule has 130 valence electrons. The van der Waals surface area contributed by atoms with Crippen LogP contribution >= 0.6 is 11.6 Å². The van der Waals surface area contributed by atoms with Crippen LogP contribution in [-0.2, 0) is 6.54 Å². The zero-order valence-corrected chi connectivity index (χ0v) is 14.5. The lowest BCUT2D eigenvalue weighted by Crippen LogP contribution is -2.04. The van der Waals surface area contributed by atoms with Crippen molar-refractivity contribution in [3.63, 3.8) is 0 Å². The predicted octanol–water partition coefficient (Wildman–Crippen LogP) is 3.10. The first-order chi connectivity index (χ1) is 12.7. The average molecular weight is 369 g/mol. The van der Waals surface area contributed by atoms with Crippen LogP contribution in [0.5, 0.6) is 5.75 Å². The van der Waals surface area contributed by atoms with E-state index < -0.39 is 0 Å². The van der Waals surface area contributed by atoms with E-state index in [9.17, 15) is 0 Å². The largest absolute Gasteiger partial charge is 0.496 e. The highest BCUT2D eigenvalue weighted by molar-refractivity contribution is 6.30. The van der Waals surface area contributed by atoms with Gasteiger partial charge in [0.1, 0.15) is 12.3 Å². The Morgan fingerprint density at radius 1 is 1.12 bits per heavy atom. The van der Waals surface area contributed by atoms with Crippen molar-refractivity contribution in [3.8, 4) is 28.5 Å². The maximum absolute atomic E-state index is 5.99.